The van der Waals surface area contributed by atoms with Gasteiger partial charge in [-0.1, -0.05) is 37.1 Å². The fourth-order valence-electron chi connectivity index (χ4n) is 9.95. The van der Waals surface area contributed by atoms with E-state index in [0.29, 0.717) is 122 Å². The van der Waals surface area contributed by atoms with E-state index < -0.39 is 70.8 Å². The zero-order valence-electron chi connectivity index (χ0n) is 50.9. The Balaban J connectivity index is 1.25. The Bertz CT molecular complexity index is 2390. The second-order valence-corrected chi connectivity index (χ2v) is 23.3. The molecule has 2 aliphatic rings. The topological polar surface area (TPSA) is 432 Å². The van der Waals surface area contributed by atoms with Crippen LogP contribution in [0.5, 0.6) is 11.5 Å². The van der Waals surface area contributed by atoms with Gasteiger partial charge in [0, 0.05) is 148 Å². The predicted octanol–water partition coefficient (Wildman–Crippen LogP) is -3.42. The number of thiol groups is 2. The van der Waals surface area contributed by atoms with Crippen LogP contribution in [0.4, 0.5) is 0 Å². The number of nitrogens with two attached hydrogens (primary N) is 2. The average Bonchev–Trinajstić information content (AvgIpc) is 3.45. The molecular formula is C59H96N16O12S2. The molecule has 2 aromatic rings. The van der Waals surface area contributed by atoms with Gasteiger partial charge >= 0.3 is 0 Å². The Morgan fingerprint density at radius 3 is 1.15 bits per heavy atom. The van der Waals surface area contributed by atoms with E-state index in [1.165, 1.54) is 24.3 Å². The summed E-state index contributed by atoms with van der Waals surface area (Å²) in [6.07, 6.45) is 4.35. The maximum absolute atomic E-state index is 13.8. The lowest BCUT2D eigenvalue weighted by molar-refractivity contribution is -0.129. The van der Waals surface area contributed by atoms with Crippen molar-refractivity contribution in [3.63, 3.8) is 0 Å². The van der Waals surface area contributed by atoms with E-state index in [-0.39, 0.29) is 124 Å². The standard InChI is InChI=1S/C59H96N16O12S2/c60-54(84)46(33-88)72-48(78)9-3-1-5-23-67-56(86)44(31-40-15-19-42(76)20-16-40)70-50(80)11-7-13-52(82)74-58-35-62-25-27-65-38-59(69-30-29-64-37-58,39-66-28-26-63-36-58)75-53(83)14-8-12-51(81)71-45(32-41-17-21-43(77)22-18-41)57(87)68-24-6-2-4-10-49(79)73-47(34-89)55(61)85/h15-22,44-47,62-66,69,76-77,88-89H,1-14,23-39H2,(H2,60,84)(H2,61,85)(H,67,86)(H,68,87)(H,70,80)(H,71,81)(H,72,78)(H,73,79)(H,74,82)(H,75,83)/t44?,45?,46?,47-,58-,59+/m0/s1. The summed E-state index contributed by atoms with van der Waals surface area (Å²) < 4.78 is 0. The smallest absolute Gasteiger partial charge is 0.242 e. The van der Waals surface area contributed by atoms with E-state index in [0.717, 1.165) is 0 Å². The summed E-state index contributed by atoms with van der Waals surface area (Å²) in [4.78, 5) is 129. The second kappa shape index (κ2) is 41.5. The molecule has 28 nitrogen and oxygen atoms in total. The Morgan fingerprint density at radius 2 is 0.764 bits per heavy atom. The Labute approximate surface area is 532 Å². The Morgan fingerprint density at radius 1 is 0.427 bits per heavy atom. The summed E-state index contributed by atoms with van der Waals surface area (Å²) in [7, 11) is 0. The summed E-state index contributed by atoms with van der Waals surface area (Å²) >= 11 is 8.07. The fourth-order valence-corrected chi connectivity index (χ4v) is 10.5. The van der Waals surface area contributed by atoms with Crippen molar-refractivity contribution in [1.82, 2.24) is 74.4 Å². The fraction of sp³-hybridized carbons (Fsp3) is 0.627. The molecule has 2 heterocycles. The molecule has 0 aliphatic carbocycles. The van der Waals surface area contributed by atoms with Crippen molar-refractivity contribution in [3.05, 3.63) is 59.7 Å². The molecule has 4 atom stereocenters. The van der Waals surface area contributed by atoms with Crippen LogP contribution in [0.15, 0.2) is 48.5 Å². The first-order chi connectivity index (χ1) is 42.7. The van der Waals surface area contributed by atoms with Gasteiger partial charge in [-0.3, -0.25) is 53.3 Å². The van der Waals surface area contributed by atoms with Crippen molar-refractivity contribution >= 4 is 84.3 Å². The molecule has 10 amide bonds. The lowest BCUT2D eigenvalue weighted by Crippen LogP contribution is -2.69. The minimum atomic E-state index is -0.951. The number of hydrogen-bond acceptors (Lipinski definition) is 20. The highest BCUT2D eigenvalue weighted by Crippen LogP contribution is 2.15. The van der Waals surface area contributed by atoms with Crippen LogP contribution < -0.4 is 85.9 Å². The van der Waals surface area contributed by atoms with Crippen LogP contribution in [0, 0.1) is 0 Å². The molecule has 0 saturated carbocycles. The molecule has 0 aromatic heterocycles. The van der Waals surface area contributed by atoms with Gasteiger partial charge in [-0.15, -0.1) is 0 Å². The number of unbranched alkanes of at least 4 members (excludes halogenated alkanes) is 4. The molecular weight excluding hydrogens is 1190 g/mol. The molecule has 20 N–H and O–H groups in total. The van der Waals surface area contributed by atoms with E-state index in [1.807, 2.05) is 0 Å². The van der Waals surface area contributed by atoms with Gasteiger partial charge in [0.1, 0.15) is 41.3 Å². The lowest BCUT2D eigenvalue weighted by atomic mass is 9.97. The SMILES string of the molecule is NC(=O)C(CS)NC(=O)CCCCCNC(=O)C(Cc1ccc(O)cc1)NC(=O)CCCC(=O)N[C@]12CNCCNC[C@](NC(=O)CCCC(=O)NC(Cc3ccc(O)cc3)C(=O)NCCCCCC(=O)N[C@@H](CS)C(N)=O)(CNCCNC1)NCCNC2. The number of carbonyl (C=O) groups is 10. The molecule has 89 heavy (non-hydrogen) atoms. The minimum absolute atomic E-state index is 0.0162. The number of phenolic OH excluding ortho intramolecular Hbond substituents is 2. The molecule has 0 spiro atoms. The highest BCUT2D eigenvalue weighted by molar-refractivity contribution is 7.80. The second-order valence-electron chi connectivity index (χ2n) is 22.6. The highest BCUT2D eigenvalue weighted by atomic mass is 32.1. The van der Waals surface area contributed by atoms with E-state index in [2.05, 4.69) is 99.7 Å². The zero-order chi connectivity index (χ0) is 64.9. The summed E-state index contributed by atoms with van der Waals surface area (Å²) in [5, 5.41) is 63.5. The molecule has 2 aromatic carbocycles. The van der Waals surface area contributed by atoms with Crippen molar-refractivity contribution in [2.75, 3.05) is 96.6 Å². The summed E-state index contributed by atoms with van der Waals surface area (Å²) in [6, 6.07) is 9.02. The largest absolute Gasteiger partial charge is 0.508 e. The van der Waals surface area contributed by atoms with Crippen LogP contribution in [0.25, 0.3) is 0 Å². The lowest BCUT2D eigenvalue weighted by Gasteiger charge is -2.37. The van der Waals surface area contributed by atoms with Gasteiger partial charge < -0.3 is 90.8 Å². The van der Waals surface area contributed by atoms with E-state index in [9.17, 15) is 58.2 Å². The summed E-state index contributed by atoms with van der Waals surface area (Å²) in [5.41, 5.74) is 10.2. The molecule has 2 bridgehead atoms. The van der Waals surface area contributed by atoms with Gasteiger partial charge in [-0.25, -0.2) is 0 Å². The molecule has 3 unspecified atom stereocenters. The molecule has 2 saturated heterocycles. The summed E-state index contributed by atoms with van der Waals surface area (Å²) in [6.45, 7) is 5.38. The van der Waals surface area contributed by atoms with E-state index >= 15 is 0 Å². The predicted molar refractivity (Wildman–Crippen MR) is 342 cm³/mol. The highest BCUT2D eigenvalue weighted by Gasteiger charge is 2.35. The molecule has 2 aliphatic heterocycles. The van der Waals surface area contributed by atoms with Gasteiger partial charge in [0.2, 0.25) is 59.1 Å². The van der Waals surface area contributed by atoms with Crippen LogP contribution >= 0.6 is 25.3 Å². The van der Waals surface area contributed by atoms with Gasteiger partial charge in [0.05, 0.1) is 5.54 Å². The number of nitrogens with one attached hydrogen (secondary N) is 14. The van der Waals surface area contributed by atoms with E-state index in [4.69, 9.17) is 11.5 Å². The molecule has 496 valence electrons. The average molecular weight is 1290 g/mol. The van der Waals surface area contributed by atoms with Gasteiger partial charge in [-0.05, 0) is 73.9 Å². The number of fused-ring (bicyclic) bond motifs is 6. The van der Waals surface area contributed by atoms with Crippen molar-refractivity contribution in [1.29, 1.82) is 0 Å². The maximum Gasteiger partial charge on any atom is 0.242 e. The number of amides is 10. The van der Waals surface area contributed by atoms with Crippen LogP contribution in [0.3, 0.4) is 0 Å². The van der Waals surface area contributed by atoms with Crippen LogP contribution in [0.1, 0.15) is 101 Å². The first kappa shape index (κ1) is 74.7. The molecule has 4 rings (SSSR count). The molecule has 2 fully saturated rings. The van der Waals surface area contributed by atoms with Gasteiger partial charge in [0.25, 0.3) is 0 Å². The molecule has 30 heteroatoms. The first-order valence-corrected chi connectivity index (χ1v) is 32.0. The molecule has 0 radical (unpaired) electrons. The number of benzene rings is 2. The Kier molecular flexibility index (Phi) is 34.8. The minimum Gasteiger partial charge on any atom is -0.508 e. The van der Waals surface area contributed by atoms with Crippen molar-refractivity contribution in [3.8, 4) is 11.5 Å². The first-order valence-electron chi connectivity index (χ1n) is 30.7. The quantitative estimate of drug-likeness (QED) is 0.0233. The third kappa shape index (κ3) is 30.5. The van der Waals surface area contributed by atoms with Gasteiger partial charge in [-0.2, -0.15) is 25.3 Å². The van der Waals surface area contributed by atoms with Gasteiger partial charge in [0.15, 0.2) is 0 Å². The monoisotopic (exact) mass is 1280 g/mol. The zero-order valence-corrected chi connectivity index (χ0v) is 52.7. The maximum atomic E-state index is 13.8. The van der Waals surface area contributed by atoms with E-state index in [1.54, 1.807) is 24.3 Å². The number of rotatable bonds is 36. The number of primary amides is 2. The number of aromatic hydroxyl groups is 2. The summed E-state index contributed by atoms with van der Waals surface area (Å²) in [5.74, 6) is -3.92. The number of carbonyl (C=O) groups excluding carboxylic acids is 10. The van der Waals surface area contributed by atoms with Crippen LogP contribution in [0.2, 0.25) is 0 Å². The van der Waals surface area contributed by atoms with Crippen LogP contribution in [-0.4, -0.2) is 201 Å². The van der Waals surface area contributed by atoms with Crippen molar-refractivity contribution < 1.29 is 58.2 Å². The van der Waals surface area contributed by atoms with Crippen LogP contribution in [-0.2, 0) is 60.8 Å². The van der Waals surface area contributed by atoms with Crippen molar-refractivity contribution in [2.45, 2.75) is 138 Å². The van der Waals surface area contributed by atoms with Crippen molar-refractivity contribution in [2.24, 2.45) is 11.5 Å². The third-order valence-electron chi connectivity index (χ3n) is 14.9. The number of hydrogen-bond donors (Lipinski definition) is 20. The normalized spacial score (nSPS) is 18.7. The third-order valence-corrected chi connectivity index (χ3v) is 15.6. The number of phenols is 2. The Hall–Kier alpha value is -6.80.